The molecular weight excluding hydrogens is 326 g/mol. The molecule has 0 spiro atoms. The van der Waals surface area contributed by atoms with Gasteiger partial charge in [0.25, 0.3) is 0 Å². The molecular formula is C15H13BrClNO. The first kappa shape index (κ1) is 12.9. The van der Waals surface area contributed by atoms with Crippen LogP contribution >= 0.6 is 27.5 Å². The van der Waals surface area contributed by atoms with Crippen LogP contribution in [0.2, 0.25) is 0 Å². The van der Waals surface area contributed by atoms with Gasteiger partial charge in [-0.1, -0.05) is 40.2 Å². The van der Waals surface area contributed by atoms with Gasteiger partial charge in [0.05, 0.1) is 5.69 Å². The summed E-state index contributed by atoms with van der Waals surface area (Å²) in [4.78, 5) is 14.0. The van der Waals surface area contributed by atoms with Crippen molar-refractivity contribution in [1.82, 2.24) is 0 Å². The molecule has 0 N–H and O–H groups in total. The highest BCUT2D eigenvalue weighted by molar-refractivity contribution is 9.10. The molecule has 19 heavy (non-hydrogen) atoms. The van der Waals surface area contributed by atoms with Gasteiger partial charge in [0.2, 0.25) is 5.91 Å². The monoisotopic (exact) mass is 337 g/mol. The van der Waals surface area contributed by atoms with Crippen LogP contribution in [0.25, 0.3) is 10.8 Å². The molecule has 0 aliphatic carbocycles. The quantitative estimate of drug-likeness (QED) is 0.752. The van der Waals surface area contributed by atoms with Crippen molar-refractivity contribution in [3.05, 3.63) is 40.9 Å². The fraction of sp³-hybridized carbons (Fsp3) is 0.267. The predicted octanol–water partition coefficient (Wildman–Crippen LogP) is 4.19. The Labute approximate surface area is 125 Å². The topological polar surface area (TPSA) is 20.3 Å². The molecule has 2 nitrogen and oxygen atoms in total. The molecule has 2 aromatic rings. The van der Waals surface area contributed by atoms with Gasteiger partial charge in [-0.2, -0.15) is 0 Å². The van der Waals surface area contributed by atoms with Crippen molar-refractivity contribution < 1.29 is 4.79 Å². The van der Waals surface area contributed by atoms with E-state index in [-0.39, 0.29) is 11.8 Å². The maximum Gasteiger partial charge on any atom is 0.227 e. The second-order valence-corrected chi connectivity index (χ2v) is 6.00. The molecule has 1 atom stereocenters. The Bertz CT molecular complexity index is 643. The van der Waals surface area contributed by atoms with E-state index >= 15 is 0 Å². The lowest BCUT2D eigenvalue weighted by molar-refractivity contribution is -0.117. The molecule has 0 saturated carbocycles. The third-order valence-electron chi connectivity index (χ3n) is 3.56. The highest BCUT2D eigenvalue weighted by Gasteiger charge is 2.30. The maximum absolute atomic E-state index is 12.1. The van der Waals surface area contributed by atoms with E-state index in [1.54, 1.807) is 0 Å². The molecule has 1 fully saturated rings. The van der Waals surface area contributed by atoms with E-state index in [0.717, 1.165) is 20.9 Å². The molecule has 1 saturated heterocycles. The minimum Gasteiger partial charge on any atom is -0.311 e. The first-order chi connectivity index (χ1) is 9.20. The Hall–Kier alpha value is -1.06. The van der Waals surface area contributed by atoms with Gasteiger partial charge in [-0.15, -0.1) is 11.6 Å². The summed E-state index contributed by atoms with van der Waals surface area (Å²) < 4.78 is 1.05. The van der Waals surface area contributed by atoms with Crippen molar-refractivity contribution in [2.45, 2.75) is 6.42 Å². The smallest absolute Gasteiger partial charge is 0.227 e. The number of benzene rings is 2. The summed E-state index contributed by atoms with van der Waals surface area (Å²) in [6, 6.07) is 12.1. The average molecular weight is 339 g/mol. The summed E-state index contributed by atoms with van der Waals surface area (Å²) >= 11 is 9.44. The average Bonchev–Trinajstić information content (AvgIpc) is 2.81. The van der Waals surface area contributed by atoms with Crippen LogP contribution in [0.1, 0.15) is 6.42 Å². The summed E-state index contributed by atoms with van der Waals surface area (Å²) in [6.45, 7) is 0.716. The van der Waals surface area contributed by atoms with Gasteiger partial charge in [0, 0.05) is 28.7 Å². The van der Waals surface area contributed by atoms with Crippen LogP contribution < -0.4 is 4.90 Å². The highest BCUT2D eigenvalue weighted by atomic mass is 79.9. The van der Waals surface area contributed by atoms with E-state index in [1.165, 1.54) is 0 Å². The van der Waals surface area contributed by atoms with Crippen LogP contribution in [0.5, 0.6) is 0 Å². The van der Waals surface area contributed by atoms with Crippen molar-refractivity contribution in [2.75, 3.05) is 17.3 Å². The van der Waals surface area contributed by atoms with Gasteiger partial charge < -0.3 is 4.90 Å². The third-order valence-corrected chi connectivity index (χ3v) is 4.69. The Morgan fingerprint density at radius 3 is 2.63 bits per heavy atom. The standard InChI is InChI=1S/C15H13BrClNO/c16-13-5-6-14(12-4-2-1-3-11(12)13)18-9-10(8-17)7-15(18)19/h1-6,10H,7-9H2. The SMILES string of the molecule is O=C1CC(CCl)CN1c1ccc(Br)c2ccccc12. The Morgan fingerprint density at radius 1 is 1.21 bits per heavy atom. The number of alkyl halides is 1. The van der Waals surface area contributed by atoms with Crippen molar-refractivity contribution in [2.24, 2.45) is 5.92 Å². The van der Waals surface area contributed by atoms with E-state index < -0.39 is 0 Å². The van der Waals surface area contributed by atoms with Crippen LogP contribution in [-0.4, -0.2) is 18.3 Å². The van der Waals surface area contributed by atoms with Gasteiger partial charge in [0.1, 0.15) is 0 Å². The molecule has 3 rings (SSSR count). The summed E-state index contributed by atoms with van der Waals surface area (Å²) in [5.74, 6) is 0.964. The number of hydrogen-bond acceptors (Lipinski definition) is 1. The Kier molecular flexibility index (Phi) is 3.50. The van der Waals surface area contributed by atoms with Gasteiger partial charge in [-0.25, -0.2) is 0 Å². The number of carbonyl (C=O) groups is 1. The Balaban J connectivity index is 2.11. The van der Waals surface area contributed by atoms with E-state index in [0.29, 0.717) is 18.8 Å². The maximum atomic E-state index is 12.1. The van der Waals surface area contributed by atoms with E-state index in [4.69, 9.17) is 11.6 Å². The molecule has 1 unspecified atom stereocenters. The fourth-order valence-corrected chi connectivity index (χ4v) is 3.28. The fourth-order valence-electron chi connectivity index (χ4n) is 2.60. The first-order valence-corrected chi connectivity index (χ1v) is 7.57. The van der Waals surface area contributed by atoms with Crippen molar-refractivity contribution >= 4 is 49.9 Å². The molecule has 1 aliphatic rings. The molecule has 1 amide bonds. The highest BCUT2D eigenvalue weighted by Crippen LogP contribution is 2.35. The summed E-state index contributed by atoms with van der Waals surface area (Å²) in [7, 11) is 0. The van der Waals surface area contributed by atoms with Crippen LogP contribution in [-0.2, 0) is 4.79 Å². The largest absolute Gasteiger partial charge is 0.311 e. The minimum absolute atomic E-state index is 0.165. The number of fused-ring (bicyclic) bond motifs is 1. The number of amides is 1. The normalized spacial score (nSPS) is 19.4. The second-order valence-electron chi connectivity index (χ2n) is 4.84. The first-order valence-electron chi connectivity index (χ1n) is 6.24. The lowest BCUT2D eigenvalue weighted by atomic mass is 10.1. The summed E-state index contributed by atoms with van der Waals surface area (Å²) in [6.07, 6.45) is 0.549. The van der Waals surface area contributed by atoms with E-state index in [2.05, 4.69) is 28.1 Å². The van der Waals surface area contributed by atoms with Crippen molar-refractivity contribution in [3.63, 3.8) is 0 Å². The predicted molar refractivity (Wildman–Crippen MR) is 82.8 cm³/mol. The Morgan fingerprint density at radius 2 is 1.95 bits per heavy atom. The van der Waals surface area contributed by atoms with Crippen molar-refractivity contribution in [3.8, 4) is 0 Å². The molecule has 0 aromatic heterocycles. The van der Waals surface area contributed by atoms with Gasteiger partial charge >= 0.3 is 0 Å². The van der Waals surface area contributed by atoms with Gasteiger partial charge in [-0.05, 0) is 23.4 Å². The van der Waals surface area contributed by atoms with Crippen LogP contribution in [0.15, 0.2) is 40.9 Å². The molecule has 0 bridgehead atoms. The van der Waals surface area contributed by atoms with Crippen LogP contribution in [0.4, 0.5) is 5.69 Å². The number of hydrogen-bond donors (Lipinski definition) is 0. The molecule has 1 heterocycles. The zero-order valence-corrected chi connectivity index (χ0v) is 12.6. The van der Waals surface area contributed by atoms with E-state index in [9.17, 15) is 4.79 Å². The molecule has 0 radical (unpaired) electrons. The zero-order chi connectivity index (χ0) is 13.4. The third kappa shape index (κ3) is 2.26. The number of rotatable bonds is 2. The second kappa shape index (κ2) is 5.14. The van der Waals surface area contributed by atoms with Crippen LogP contribution in [0.3, 0.4) is 0 Å². The zero-order valence-electron chi connectivity index (χ0n) is 10.3. The van der Waals surface area contributed by atoms with Gasteiger partial charge in [0.15, 0.2) is 0 Å². The summed E-state index contributed by atoms with van der Waals surface area (Å²) in [5.41, 5.74) is 0.983. The number of anilines is 1. The lowest BCUT2D eigenvalue weighted by Crippen LogP contribution is -2.24. The molecule has 4 heteroatoms. The van der Waals surface area contributed by atoms with Crippen LogP contribution in [0, 0.1) is 5.92 Å². The van der Waals surface area contributed by atoms with Gasteiger partial charge in [-0.3, -0.25) is 4.79 Å². The molecule has 98 valence electrons. The van der Waals surface area contributed by atoms with E-state index in [1.807, 2.05) is 29.2 Å². The number of halogens is 2. The minimum atomic E-state index is 0.165. The number of carbonyl (C=O) groups excluding carboxylic acids is 1. The molecule has 1 aliphatic heterocycles. The van der Waals surface area contributed by atoms with Crippen molar-refractivity contribution in [1.29, 1.82) is 0 Å². The molecule has 2 aromatic carbocycles. The summed E-state index contributed by atoms with van der Waals surface area (Å²) in [5, 5.41) is 2.22. The number of nitrogens with zero attached hydrogens (tertiary/aromatic N) is 1. The lowest BCUT2D eigenvalue weighted by Gasteiger charge is -2.19.